The van der Waals surface area contributed by atoms with E-state index in [9.17, 15) is 0 Å². The molecule has 0 aliphatic carbocycles. The highest BCUT2D eigenvalue weighted by Gasteiger charge is 2.26. The van der Waals surface area contributed by atoms with Gasteiger partial charge in [-0.2, -0.15) is 0 Å². The van der Waals surface area contributed by atoms with Gasteiger partial charge in [0.1, 0.15) is 0 Å². The molecule has 0 aromatic heterocycles. The van der Waals surface area contributed by atoms with E-state index >= 15 is 0 Å². The van der Waals surface area contributed by atoms with Gasteiger partial charge in [-0.15, -0.1) is 9.24 Å². The maximum absolute atomic E-state index is 3.37. The normalized spacial score (nSPS) is 11.4. The molecule has 2 aromatic rings. The predicted octanol–water partition coefficient (Wildman–Crippen LogP) is 2.98. The highest BCUT2D eigenvalue weighted by molar-refractivity contribution is 7.18. The molecule has 1 N–H and O–H groups in total. The Morgan fingerprint density at radius 2 is 1.19 bits per heavy atom. The Hall–Kier alpha value is -1.17. The van der Waals surface area contributed by atoms with Crippen LogP contribution in [0.15, 0.2) is 60.7 Å². The molecule has 2 aromatic carbocycles. The lowest BCUT2D eigenvalue weighted by molar-refractivity contribution is 0.629. The Labute approximate surface area is 99.1 Å². The van der Waals surface area contributed by atoms with Crippen LogP contribution in [-0.2, 0) is 5.28 Å². The van der Waals surface area contributed by atoms with Crippen molar-refractivity contribution < 1.29 is 0 Å². The minimum Gasteiger partial charge on any atom is -0.304 e. The zero-order chi connectivity index (χ0) is 11.4. The quantitative estimate of drug-likeness (QED) is 0.798. The van der Waals surface area contributed by atoms with Crippen LogP contribution in [-0.4, -0.2) is 7.05 Å². The molecule has 0 heterocycles. The topological polar surface area (TPSA) is 12.0 Å². The van der Waals surface area contributed by atoms with Crippen LogP contribution >= 0.6 is 9.24 Å². The molecule has 2 rings (SSSR count). The molecule has 0 amide bonds. The van der Waals surface area contributed by atoms with Crippen LogP contribution in [0.5, 0.6) is 0 Å². The first kappa shape index (κ1) is 11.3. The first-order valence-corrected chi connectivity index (χ1v) is 5.94. The molecule has 1 atom stereocenters. The van der Waals surface area contributed by atoms with Gasteiger partial charge in [0.15, 0.2) is 0 Å². The molecule has 2 heteroatoms. The second-order valence-electron chi connectivity index (χ2n) is 3.79. The third kappa shape index (κ3) is 2.02. The summed E-state index contributed by atoms with van der Waals surface area (Å²) in [5.74, 6) is 0. The molecule has 0 saturated heterocycles. The van der Waals surface area contributed by atoms with Gasteiger partial charge in [0.2, 0.25) is 0 Å². The Morgan fingerprint density at radius 1 is 0.812 bits per heavy atom. The standard InChI is InChI=1S/C14H16NP/c1-15-14(16,12-8-4-2-5-9-12)13-10-6-3-7-11-13/h2-11,15H,16H2,1H3. The maximum atomic E-state index is 3.37. The minimum absolute atomic E-state index is 0.206. The van der Waals surface area contributed by atoms with Crippen LogP contribution in [0.25, 0.3) is 0 Å². The van der Waals surface area contributed by atoms with E-state index in [4.69, 9.17) is 0 Å². The second-order valence-corrected chi connectivity index (χ2v) is 4.66. The lowest BCUT2D eigenvalue weighted by atomic mass is 9.98. The smallest absolute Gasteiger partial charge is 0.0827 e. The molecule has 0 fully saturated rings. The average Bonchev–Trinajstić information content (AvgIpc) is 2.40. The molecule has 82 valence electrons. The van der Waals surface area contributed by atoms with Crippen LogP contribution in [0.1, 0.15) is 11.1 Å². The number of rotatable bonds is 3. The summed E-state index contributed by atoms with van der Waals surface area (Å²) in [5, 5.41) is 3.17. The van der Waals surface area contributed by atoms with Crippen LogP contribution < -0.4 is 5.32 Å². The second kappa shape index (κ2) is 4.78. The van der Waals surface area contributed by atoms with Gasteiger partial charge in [-0.25, -0.2) is 0 Å². The molecular formula is C14H16NP. The van der Waals surface area contributed by atoms with Crippen molar-refractivity contribution in [2.45, 2.75) is 5.28 Å². The number of hydrogen-bond donors (Lipinski definition) is 1. The Bertz CT molecular complexity index is 399. The number of benzene rings is 2. The van der Waals surface area contributed by atoms with E-state index in [1.807, 2.05) is 19.2 Å². The van der Waals surface area contributed by atoms with Crippen LogP contribution in [0, 0.1) is 0 Å². The Kier molecular flexibility index (Phi) is 3.38. The summed E-state index contributed by atoms with van der Waals surface area (Å²) in [6.07, 6.45) is 0. The van der Waals surface area contributed by atoms with Crippen molar-refractivity contribution >= 4 is 9.24 Å². The van der Waals surface area contributed by atoms with E-state index < -0.39 is 0 Å². The van der Waals surface area contributed by atoms with Crippen LogP contribution in [0.2, 0.25) is 0 Å². The van der Waals surface area contributed by atoms with E-state index in [1.165, 1.54) is 11.1 Å². The van der Waals surface area contributed by atoms with Crippen molar-refractivity contribution in [2.75, 3.05) is 7.05 Å². The molecule has 1 unspecified atom stereocenters. The van der Waals surface area contributed by atoms with Gasteiger partial charge in [-0.05, 0) is 18.2 Å². The van der Waals surface area contributed by atoms with Gasteiger partial charge in [-0.3, -0.25) is 0 Å². The SMILES string of the molecule is CNC(P)(c1ccccc1)c1ccccc1. The summed E-state index contributed by atoms with van der Waals surface area (Å²) in [6.45, 7) is 0. The van der Waals surface area contributed by atoms with Crippen molar-refractivity contribution in [3.63, 3.8) is 0 Å². The lowest BCUT2D eigenvalue weighted by Crippen LogP contribution is -2.34. The zero-order valence-electron chi connectivity index (χ0n) is 9.35. The third-order valence-corrected chi connectivity index (χ3v) is 3.81. The number of hydrogen-bond acceptors (Lipinski definition) is 1. The van der Waals surface area contributed by atoms with E-state index in [2.05, 4.69) is 63.1 Å². The summed E-state index contributed by atoms with van der Waals surface area (Å²) < 4.78 is 0. The zero-order valence-corrected chi connectivity index (χ0v) is 10.5. The van der Waals surface area contributed by atoms with Gasteiger partial charge >= 0.3 is 0 Å². The molecule has 0 aliphatic heterocycles. The van der Waals surface area contributed by atoms with Crippen molar-refractivity contribution in [3.05, 3.63) is 71.8 Å². The minimum atomic E-state index is -0.206. The molecule has 0 radical (unpaired) electrons. The predicted molar refractivity (Wildman–Crippen MR) is 72.4 cm³/mol. The molecule has 0 bridgehead atoms. The summed E-state index contributed by atoms with van der Waals surface area (Å²) in [5.41, 5.74) is 2.49. The maximum Gasteiger partial charge on any atom is 0.0827 e. The molecule has 0 saturated carbocycles. The summed E-state index contributed by atoms with van der Waals surface area (Å²) >= 11 is 0. The third-order valence-electron chi connectivity index (χ3n) is 2.85. The monoisotopic (exact) mass is 229 g/mol. The van der Waals surface area contributed by atoms with Crippen molar-refractivity contribution in [3.8, 4) is 0 Å². The average molecular weight is 229 g/mol. The number of nitrogens with one attached hydrogen (secondary N) is 1. The molecule has 0 aliphatic rings. The fourth-order valence-electron chi connectivity index (χ4n) is 1.86. The van der Waals surface area contributed by atoms with Crippen molar-refractivity contribution in [2.24, 2.45) is 0 Å². The van der Waals surface area contributed by atoms with Gasteiger partial charge in [0, 0.05) is 0 Å². The Balaban J connectivity index is 2.49. The first-order chi connectivity index (χ1) is 7.77. The molecule has 1 nitrogen and oxygen atoms in total. The molecule has 0 spiro atoms. The van der Waals surface area contributed by atoms with Gasteiger partial charge in [-0.1, -0.05) is 60.7 Å². The summed E-state index contributed by atoms with van der Waals surface area (Å²) in [6, 6.07) is 20.9. The van der Waals surface area contributed by atoms with Crippen LogP contribution in [0.4, 0.5) is 0 Å². The lowest BCUT2D eigenvalue weighted by Gasteiger charge is -2.30. The fraction of sp³-hybridized carbons (Fsp3) is 0.143. The largest absolute Gasteiger partial charge is 0.304 e. The van der Waals surface area contributed by atoms with Gasteiger partial charge in [0.05, 0.1) is 5.28 Å². The Morgan fingerprint density at radius 3 is 1.50 bits per heavy atom. The van der Waals surface area contributed by atoms with Crippen molar-refractivity contribution in [1.29, 1.82) is 0 Å². The van der Waals surface area contributed by atoms with Crippen LogP contribution in [0.3, 0.4) is 0 Å². The highest BCUT2D eigenvalue weighted by Crippen LogP contribution is 2.35. The molecular weight excluding hydrogens is 213 g/mol. The van der Waals surface area contributed by atoms with E-state index in [0.717, 1.165) is 0 Å². The van der Waals surface area contributed by atoms with Crippen molar-refractivity contribution in [1.82, 2.24) is 5.32 Å². The molecule has 16 heavy (non-hydrogen) atoms. The summed E-state index contributed by atoms with van der Waals surface area (Å²) in [7, 11) is 4.89. The van der Waals surface area contributed by atoms with E-state index in [1.54, 1.807) is 0 Å². The fourth-order valence-corrected chi connectivity index (χ4v) is 2.24. The van der Waals surface area contributed by atoms with Gasteiger partial charge in [0.25, 0.3) is 0 Å². The highest BCUT2D eigenvalue weighted by atomic mass is 31.0. The van der Waals surface area contributed by atoms with E-state index in [0.29, 0.717) is 0 Å². The van der Waals surface area contributed by atoms with Gasteiger partial charge < -0.3 is 5.32 Å². The first-order valence-electron chi connectivity index (χ1n) is 5.36. The summed E-state index contributed by atoms with van der Waals surface area (Å²) in [4.78, 5) is 0. The van der Waals surface area contributed by atoms with E-state index in [-0.39, 0.29) is 5.28 Å².